The van der Waals surface area contributed by atoms with Gasteiger partial charge in [0.15, 0.2) is 0 Å². The standard InChI is InChI=1S/C30H31N3O4S/c1-21-19-31(16-17-32(21)20-34)26-10-6-7-11-27(26)33(15-14-23-8-4-3-5-9-23)38-24-12-13-28-25(18-24)22(2)29(37-28)30(35)36/h3-13,18,20-21H,14-17,19H2,1-2H3,(H,35,36). The molecule has 1 fully saturated rings. The molecule has 0 bridgehead atoms. The summed E-state index contributed by atoms with van der Waals surface area (Å²) >= 11 is 1.64. The van der Waals surface area contributed by atoms with Gasteiger partial charge in [-0.25, -0.2) is 4.79 Å². The molecule has 0 saturated carbocycles. The lowest BCUT2D eigenvalue weighted by atomic mass is 10.1. The average molecular weight is 530 g/mol. The maximum absolute atomic E-state index is 11.6. The van der Waals surface area contributed by atoms with Gasteiger partial charge in [-0.05, 0) is 68.1 Å². The summed E-state index contributed by atoms with van der Waals surface area (Å²) in [6.07, 6.45) is 1.81. The first kappa shape index (κ1) is 25.7. The molecule has 1 amide bonds. The van der Waals surface area contributed by atoms with Gasteiger partial charge in [0.25, 0.3) is 0 Å². The van der Waals surface area contributed by atoms with Crippen LogP contribution in [0.25, 0.3) is 11.0 Å². The maximum atomic E-state index is 11.6. The lowest BCUT2D eigenvalue weighted by molar-refractivity contribution is -0.120. The summed E-state index contributed by atoms with van der Waals surface area (Å²) in [6, 6.07) is 24.8. The number of hydrogen-bond donors (Lipinski definition) is 1. The van der Waals surface area contributed by atoms with Gasteiger partial charge in [-0.15, -0.1) is 0 Å². The third-order valence-corrected chi connectivity index (χ3v) is 8.13. The summed E-state index contributed by atoms with van der Waals surface area (Å²) in [6.45, 7) is 6.88. The predicted octanol–water partition coefficient (Wildman–Crippen LogP) is 5.86. The second-order valence-electron chi connectivity index (χ2n) is 9.58. The van der Waals surface area contributed by atoms with Crippen LogP contribution in [-0.4, -0.2) is 54.6 Å². The Labute approximate surface area is 226 Å². The normalized spacial score (nSPS) is 15.6. The molecule has 0 radical (unpaired) electrons. The van der Waals surface area contributed by atoms with Gasteiger partial charge in [0.1, 0.15) is 5.58 Å². The van der Waals surface area contributed by atoms with Gasteiger partial charge in [-0.3, -0.25) is 4.79 Å². The summed E-state index contributed by atoms with van der Waals surface area (Å²) in [4.78, 5) is 28.2. The monoisotopic (exact) mass is 529 g/mol. The van der Waals surface area contributed by atoms with Crippen molar-refractivity contribution < 1.29 is 19.1 Å². The largest absolute Gasteiger partial charge is 0.475 e. The molecule has 3 aromatic carbocycles. The van der Waals surface area contributed by atoms with Crippen molar-refractivity contribution in [3.05, 3.63) is 89.7 Å². The van der Waals surface area contributed by atoms with Crippen LogP contribution in [0, 0.1) is 6.92 Å². The zero-order chi connectivity index (χ0) is 26.6. The number of carboxylic acids is 1. The molecule has 7 nitrogen and oxygen atoms in total. The first-order valence-electron chi connectivity index (χ1n) is 12.8. The van der Waals surface area contributed by atoms with E-state index >= 15 is 0 Å². The number of benzene rings is 3. The number of aryl methyl sites for hydroxylation is 1. The lowest BCUT2D eigenvalue weighted by Gasteiger charge is -2.40. The number of carbonyl (C=O) groups is 2. The number of para-hydroxylation sites is 2. The minimum atomic E-state index is -1.06. The summed E-state index contributed by atoms with van der Waals surface area (Å²) in [5.41, 5.74) is 4.71. The smallest absolute Gasteiger partial charge is 0.372 e. The number of furan rings is 1. The highest BCUT2D eigenvalue weighted by Gasteiger charge is 2.26. The Kier molecular flexibility index (Phi) is 7.60. The van der Waals surface area contributed by atoms with Crippen LogP contribution in [0.2, 0.25) is 0 Å². The number of fused-ring (bicyclic) bond motifs is 1. The van der Waals surface area contributed by atoms with E-state index in [2.05, 4.69) is 64.7 Å². The van der Waals surface area contributed by atoms with Crippen molar-refractivity contribution in [1.82, 2.24) is 4.90 Å². The van der Waals surface area contributed by atoms with Crippen LogP contribution in [0.15, 0.2) is 82.1 Å². The minimum absolute atomic E-state index is 0.0167. The van der Waals surface area contributed by atoms with Crippen LogP contribution in [-0.2, 0) is 11.2 Å². The molecule has 4 aromatic rings. The topological polar surface area (TPSA) is 77.2 Å². The Morgan fingerprint density at radius 2 is 1.87 bits per heavy atom. The van der Waals surface area contributed by atoms with Gasteiger partial charge in [0, 0.05) is 48.1 Å². The molecular formula is C30H31N3O4S. The highest BCUT2D eigenvalue weighted by molar-refractivity contribution is 8.00. The number of anilines is 2. The average Bonchev–Trinajstić information content (AvgIpc) is 3.27. The maximum Gasteiger partial charge on any atom is 0.372 e. The molecular weight excluding hydrogens is 498 g/mol. The lowest BCUT2D eigenvalue weighted by Crippen LogP contribution is -2.51. The molecule has 1 aliphatic rings. The number of carbonyl (C=O) groups excluding carboxylic acids is 1. The van der Waals surface area contributed by atoms with Gasteiger partial charge in [0.2, 0.25) is 12.2 Å². The first-order chi connectivity index (χ1) is 18.4. The molecule has 0 aliphatic carbocycles. The van der Waals surface area contributed by atoms with Crippen molar-refractivity contribution >= 4 is 46.7 Å². The van der Waals surface area contributed by atoms with Crippen molar-refractivity contribution in [2.75, 3.05) is 35.4 Å². The minimum Gasteiger partial charge on any atom is -0.475 e. The number of piperazine rings is 1. The molecule has 5 rings (SSSR count). The van der Waals surface area contributed by atoms with Crippen molar-refractivity contribution in [3.8, 4) is 0 Å². The number of amides is 1. The second kappa shape index (κ2) is 11.2. The van der Waals surface area contributed by atoms with Crippen LogP contribution in [0.1, 0.15) is 28.6 Å². The van der Waals surface area contributed by atoms with Crippen molar-refractivity contribution in [3.63, 3.8) is 0 Å². The molecule has 1 saturated heterocycles. The van der Waals surface area contributed by atoms with Crippen LogP contribution >= 0.6 is 11.9 Å². The van der Waals surface area contributed by atoms with E-state index in [4.69, 9.17) is 4.42 Å². The van der Waals surface area contributed by atoms with Crippen LogP contribution in [0.4, 0.5) is 11.4 Å². The number of nitrogens with zero attached hydrogens (tertiary/aromatic N) is 3. The Hall–Kier alpha value is -3.91. The fourth-order valence-electron chi connectivity index (χ4n) is 4.97. The molecule has 196 valence electrons. The van der Waals surface area contributed by atoms with Gasteiger partial charge in [0.05, 0.1) is 11.4 Å². The van der Waals surface area contributed by atoms with E-state index in [-0.39, 0.29) is 11.8 Å². The Bertz CT molecular complexity index is 1440. The van der Waals surface area contributed by atoms with E-state index in [0.717, 1.165) is 54.1 Å². The zero-order valence-corrected chi connectivity index (χ0v) is 22.4. The van der Waals surface area contributed by atoms with Crippen molar-refractivity contribution in [2.45, 2.75) is 31.2 Å². The van der Waals surface area contributed by atoms with E-state index < -0.39 is 5.97 Å². The Morgan fingerprint density at radius 1 is 1.11 bits per heavy atom. The predicted molar refractivity (Wildman–Crippen MR) is 152 cm³/mol. The molecule has 8 heteroatoms. The van der Waals surface area contributed by atoms with Crippen LogP contribution < -0.4 is 9.21 Å². The van der Waals surface area contributed by atoms with E-state index in [1.807, 2.05) is 29.2 Å². The summed E-state index contributed by atoms with van der Waals surface area (Å²) in [5, 5.41) is 10.3. The van der Waals surface area contributed by atoms with Gasteiger partial charge < -0.3 is 23.6 Å². The van der Waals surface area contributed by atoms with E-state index in [9.17, 15) is 14.7 Å². The van der Waals surface area contributed by atoms with Gasteiger partial charge in [-0.2, -0.15) is 0 Å². The molecule has 0 spiro atoms. The fraction of sp³-hybridized carbons (Fsp3) is 0.267. The van der Waals surface area contributed by atoms with Gasteiger partial charge in [-0.1, -0.05) is 42.5 Å². The number of carboxylic acid groups (broad SMARTS) is 1. The second-order valence-corrected chi connectivity index (χ2v) is 10.7. The van der Waals surface area contributed by atoms with Crippen molar-refractivity contribution in [2.24, 2.45) is 0 Å². The quantitative estimate of drug-likeness (QED) is 0.215. The molecule has 1 aliphatic heterocycles. The first-order valence-corrected chi connectivity index (χ1v) is 13.5. The summed E-state index contributed by atoms with van der Waals surface area (Å²) < 4.78 is 7.89. The molecule has 1 N–H and O–H groups in total. The van der Waals surface area contributed by atoms with E-state index in [0.29, 0.717) is 17.7 Å². The van der Waals surface area contributed by atoms with Crippen molar-refractivity contribution in [1.29, 1.82) is 0 Å². The van der Waals surface area contributed by atoms with E-state index in [1.54, 1.807) is 18.9 Å². The zero-order valence-electron chi connectivity index (χ0n) is 21.5. The third kappa shape index (κ3) is 5.36. The molecule has 2 heterocycles. The van der Waals surface area contributed by atoms with Crippen LogP contribution in [0.5, 0.6) is 0 Å². The van der Waals surface area contributed by atoms with E-state index in [1.165, 1.54) is 5.56 Å². The molecule has 1 atom stereocenters. The number of rotatable bonds is 9. The third-order valence-electron chi connectivity index (χ3n) is 7.07. The highest BCUT2D eigenvalue weighted by Crippen LogP contribution is 2.38. The SMILES string of the molecule is Cc1c(C(=O)O)oc2ccc(SN(CCc3ccccc3)c3ccccc3N3CCN(C=O)C(C)C3)cc12. The summed E-state index contributed by atoms with van der Waals surface area (Å²) in [7, 11) is 0. The fourth-order valence-corrected chi connectivity index (χ4v) is 5.96. The molecule has 1 unspecified atom stereocenters. The Morgan fingerprint density at radius 3 is 2.61 bits per heavy atom. The molecule has 1 aromatic heterocycles. The molecule has 38 heavy (non-hydrogen) atoms. The van der Waals surface area contributed by atoms with Crippen LogP contribution in [0.3, 0.4) is 0 Å². The number of aromatic carboxylic acids is 1. The summed E-state index contributed by atoms with van der Waals surface area (Å²) in [5.74, 6) is -1.08. The van der Waals surface area contributed by atoms with Gasteiger partial charge >= 0.3 is 5.97 Å². The Balaban J connectivity index is 1.48. The highest BCUT2D eigenvalue weighted by atomic mass is 32.2. The number of hydrogen-bond acceptors (Lipinski definition) is 6.